The number of esters is 1. The number of rotatable bonds is 8. The zero-order valence-corrected chi connectivity index (χ0v) is 18.1. The minimum Gasteiger partial charge on any atom is -0.461 e. The lowest BCUT2D eigenvalue weighted by Gasteiger charge is -2.37. The van der Waals surface area contributed by atoms with Crippen LogP contribution in [0.5, 0.6) is 0 Å². The Labute approximate surface area is 176 Å². The van der Waals surface area contributed by atoms with Crippen LogP contribution in [0, 0.1) is 17.8 Å². The highest BCUT2D eigenvalue weighted by atomic mass is 16.5. The summed E-state index contributed by atoms with van der Waals surface area (Å²) >= 11 is 0. The van der Waals surface area contributed by atoms with E-state index in [1.165, 1.54) is 17.5 Å². The Morgan fingerprint density at radius 2 is 1.52 bits per heavy atom. The lowest BCUT2D eigenvalue weighted by Crippen LogP contribution is -2.39. The van der Waals surface area contributed by atoms with Crippen molar-refractivity contribution in [2.45, 2.75) is 59.2 Å². The largest absolute Gasteiger partial charge is 0.461 e. The molecule has 2 aromatic carbocycles. The smallest absolute Gasteiger partial charge is 0.320 e. The van der Waals surface area contributed by atoms with Gasteiger partial charge in [-0.05, 0) is 41.7 Å². The maximum absolute atomic E-state index is 12.9. The predicted octanol–water partition coefficient (Wildman–Crippen LogP) is 5.69. The molecule has 1 aliphatic carbocycles. The molecule has 3 atom stereocenters. The van der Waals surface area contributed by atoms with Crippen molar-refractivity contribution in [3.05, 3.63) is 71.8 Å². The SMILES string of the molecule is CC(C)[C@@H]1CC[C@@H](C)C[C@H]1OC(=O)CN(Cc1ccccc1)Cc1ccccc1. The number of nitrogens with zero attached hydrogens (tertiary/aromatic N) is 1. The fourth-order valence-electron chi connectivity index (χ4n) is 4.49. The van der Waals surface area contributed by atoms with E-state index in [2.05, 4.69) is 49.9 Å². The summed E-state index contributed by atoms with van der Waals surface area (Å²) in [5.74, 6) is 1.56. The second-order valence-electron chi connectivity index (χ2n) is 8.97. The average Bonchev–Trinajstić information content (AvgIpc) is 2.69. The Morgan fingerprint density at radius 1 is 0.966 bits per heavy atom. The van der Waals surface area contributed by atoms with Crippen molar-refractivity contribution in [3.8, 4) is 0 Å². The predicted molar refractivity (Wildman–Crippen MR) is 118 cm³/mol. The van der Waals surface area contributed by atoms with Gasteiger partial charge >= 0.3 is 5.97 Å². The molecule has 0 bridgehead atoms. The van der Waals surface area contributed by atoms with Crippen LogP contribution in [0.1, 0.15) is 51.2 Å². The van der Waals surface area contributed by atoms with Gasteiger partial charge in [-0.2, -0.15) is 0 Å². The summed E-state index contributed by atoms with van der Waals surface area (Å²) in [6, 6.07) is 20.7. The number of ether oxygens (including phenoxy) is 1. The highest BCUT2D eigenvalue weighted by Crippen LogP contribution is 2.35. The molecule has 3 heteroatoms. The number of hydrogen-bond donors (Lipinski definition) is 0. The number of hydrogen-bond acceptors (Lipinski definition) is 3. The number of carbonyl (C=O) groups is 1. The molecule has 1 fully saturated rings. The van der Waals surface area contributed by atoms with Crippen molar-refractivity contribution in [1.82, 2.24) is 4.90 Å². The first-order chi connectivity index (χ1) is 14.0. The molecule has 0 amide bonds. The van der Waals surface area contributed by atoms with E-state index in [0.717, 1.165) is 25.9 Å². The first-order valence-corrected chi connectivity index (χ1v) is 11.0. The lowest BCUT2D eigenvalue weighted by atomic mass is 9.75. The lowest BCUT2D eigenvalue weighted by molar-refractivity contribution is -0.157. The highest BCUT2D eigenvalue weighted by Gasteiger charge is 2.33. The molecule has 3 rings (SSSR count). The number of benzene rings is 2. The Balaban J connectivity index is 1.66. The molecule has 0 spiro atoms. The van der Waals surface area contributed by atoms with E-state index in [0.29, 0.717) is 24.3 Å². The van der Waals surface area contributed by atoms with E-state index in [9.17, 15) is 4.79 Å². The summed E-state index contributed by atoms with van der Waals surface area (Å²) in [7, 11) is 0. The van der Waals surface area contributed by atoms with E-state index in [-0.39, 0.29) is 12.1 Å². The summed E-state index contributed by atoms with van der Waals surface area (Å²) < 4.78 is 6.06. The topological polar surface area (TPSA) is 29.5 Å². The third-order valence-electron chi connectivity index (χ3n) is 6.09. The van der Waals surface area contributed by atoms with Crippen LogP contribution in [0.4, 0.5) is 0 Å². The van der Waals surface area contributed by atoms with Crippen molar-refractivity contribution in [2.75, 3.05) is 6.54 Å². The zero-order chi connectivity index (χ0) is 20.6. The van der Waals surface area contributed by atoms with Gasteiger partial charge in [0, 0.05) is 13.1 Å². The Morgan fingerprint density at radius 3 is 2.03 bits per heavy atom. The normalized spacial score (nSPS) is 22.0. The van der Waals surface area contributed by atoms with Gasteiger partial charge < -0.3 is 4.74 Å². The molecule has 156 valence electrons. The standard InChI is InChI=1S/C26H35NO2/c1-20(2)24-15-14-21(3)16-25(24)29-26(28)19-27(17-22-10-6-4-7-11-22)18-23-12-8-5-9-13-23/h4-13,20-21,24-25H,14-19H2,1-3H3/t21-,24+,25-/m1/s1. The average molecular weight is 394 g/mol. The molecule has 2 aromatic rings. The Bertz CT molecular complexity index is 702. The van der Waals surface area contributed by atoms with Crippen LogP contribution < -0.4 is 0 Å². The van der Waals surface area contributed by atoms with Crippen LogP contribution in [0.3, 0.4) is 0 Å². The third-order valence-corrected chi connectivity index (χ3v) is 6.09. The summed E-state index contributed by atoms with van der Waals surface area (Å²) in [6.07, 6.45) is 3.45. The molecular formula is C26H35NO2. The molecule has 29 heavy (non-hydrogen) atoms. The van der Waals surface area contributed by atoms with Gasteiger partial charge in [0.1, 0.15) is 6.10 Å². The van der Waals surface area contributed by atoms with Crippen LogP contribution >= 0.6 is 0 Å². The van der Waals surface area contributed by atoms with Gasteiger partial charge in [-0.1, -0.05) is 87.9 Å². The molecule has 1 aliphatic rings. The van der Waals surface area contributed by atoms with Crippen LogP contribution in [-0.2, 0) is 22.6 Å². The minimum absolute atomic E-state index is 0.0570. The molecule has 0 heterocycles. The molecule has 0 radical (unpaired) electrons. The van der Waals surface area contributed by atoms with Gasteiger partial charge in [-0.15, -0.1) is 0 Å². The van der Waals surface area contributed by atoms with E-state index >= 15 is 0 Å². The molecule has 0 aliphatic heterocycles. The van der Waals surface area contributed by atoms with Crippen LogP contribution in [0.25, 0.3) is 0 Å². The molecular weight excluding hydrogens is 358 g/mol. The third kappa shape index (κ3) is 6.71. The first-order valence-electron chi connectivity index (χ1n) is 11.0. The molecule has 1 saturated carbocycles. The summed E-state index contributed by atoms with van der Waals surface area (Å²) in [5.41, 5.74) is 2.42. The van der Waals surface area contributed by atoms with Crippen molar-refractivity contribution in [1.29, 1.82) is 0 Å². The molecule has 0 unspecified atom stereocenters. The van der Waals surface area contributed by atoms with Crippen molar-refractivity contribution in [3.63, 3.8) is 0 Å². The van der Waals surface area contributed by atoms with Gasteiger partial charge in [0.05, 0.1) is 6.54 Å². The quantitative estimate of drug-likeness (QED) is 0.539. The number of carbonyl (C=O) groups excluding carboxylic acids is 1. The van der Waals surface area contributed by atoms with Crippen LogP contribution in [0.2, 0.25) is 0 Å². The second kappa shape index (κ2) is 10.6. The minimum atomic E-state index is -0.0957. The first kappa shape index (κ1) is 21.6. The van der Waals surface area contributed by atoms with E-state index in [4.69, 9.17) is 4.74 Å². The van der Waals surface area contributed by atoms with Crippen molar-refractivity contribution >= 4 is 5.97 Å². The summed E-state index contributed by atoms with van der Waals surface area (Å²) in [4.78, 5) is 15.1. The zero-order valence-electron chi connectivity index (χ0n) is 18.1. The van der Waals surface area contributed by atoms with Gasteiger partial charge in [-0.25, -0.2) is 0 Å². The van der Waals surface area contributed by atoms with Gasteiger partial charge in [0.2, 0.25) is 0 Å². The fraction of sp³-hybridized carbons (Fsp3) is 0.500. The summed E-state index contributed by atoms with van der Waals surface area (Å²) in [6.45, 7) is 8.56. The van der Waals surface area contributed by atoms with Gasteiger partial charge in [0.25, 0.3) is 0 Å². The van der Waals surface area contributed by atoms with E-state index in [1.54, 1.807) is 0 Å². The Kier molecular flexibility index (Phi) is 7.88. The van der Waals surface area contributed by atoms with Gasteiger partial charge in [0.15, 0.2) is 0 Å². The maximum Gasteiger partial charge on any atom is 0.320 e. The fourth-order valence-corrected chi connectivity index (χ4v) is 4.49. The van der Waals surface area contributed by atoms with Crippen molar-refractivity contribution < 1.29 is 9.53 Å². The van der Waals surface area contributed by atoms with E-state index < -0.39 is 0 Å². The molecule has 0 aromatic heterocycles. The van der Waals surface area contributed by atoms with Crippen LogP contribution in [-0.4, -0.2) is 23.5 Å². The molecule has 0 saturated heterocycles. The molecule has 3 nitrogen and oxygen atoms in total. The molecule has 0 N–H and O–H groups in total. The monoisotopic (exact) mass is 393 g/mol. The highest BCUT2D eigenvalue weighted by molar-refractivity contribution is 5.72. The van der Waals surface area contributed by atoms with E-state index in [1.807, 2.05) is 36.4 Å². The van der Waals surface area contributed by atoms with Crippen molar-refractivity contribution in [2.24, 2.45) is 17.8 Å². The van der Waals surface area contributed by atoms with Gasteiger partial charge in [-0.3, -0.25) is 9.69 Å². The Hall–Kier alpha value is -2.13. The second-order valence-corrected chi connectivity index (χ2v) is 8.97. The maximum atomic E-state index is 12.9. The van der Waals surface area contributed by atoms with Crippen LogP contribution in [0.15, 0.2) is 60.7 Å². The summed E-state index contributed by atoms with van der Waals surface area (Å²) in [5, 5.41) is 0.